The van der Waals surface area contributed by atoms with Crippen molar-refractivity contribution >= 4 is 27.5 Å². The number of carbonyl (C=O) groups is 2. The molecule has 0 saturated carbocycles. The zero-order valence-corrected chi connectivity index (χ0v) is 25.8. The van der Waals surface area contributed by atoms with Gasteiger partial charge in [-0.15, -0.1) is 0 Å². The number of nitrogens with one attached hydrogen (secondary N) is 1. The van der Waals surface area contributed by atoms with Crippen molar-refractivity contribution in [3.63, 3.8) is 0 Å². The second kappa shape index (κ2) is 14.3. The van der Waals surface area contributed by atoms with Crippen LogP contribution in [0.4, 0.5) is 5.69 Å². The van der Waals surface area contributed by atoms with Gasteiger partial charge in [0.2, 0.25) is 28.6 Å². The molecule has 0 fully saturated rings. The standard InChI is InChI=1S/C32H39N3O7S/c1-5-23(3)33-32(37)28(18-24-11-8-7-9-12-24)34(20-25-13-10-14-27(17-25)40-4)31(36)21-35(43(38,39)6-2)26-15-16-29-30(19-26)42-22-41-29/h7-17,19,23,28H,5-6,18,20-22H2,1-4H3,(H,33,37)/t23-,28-/m1/s1. The highest BCUT2D eigenvalue weighted by molar-refractivity contribution is 7.92. The Kier molecular flexibility index (Phi) is 10.5. The maximum atomic E-state index is 14.3. The molecule has 230 valence electrons. The lowest BCUT2D eigenvalue weighted by molar-refractivity contribution is -0.140. The number of carbonyl (C=O) groups excluding carboxylic acids is 2. The summed E-state index contributed by atoms with van der Waals surface area (Å²) in [7, 11) is -2.35. The first-order chi connectivity index (χ1) is 20.6. The molecule has 0 bridgehead atoms. The third kappa shape index (κ3) is 7.98. The summed E-state index contributed by atoms with van der Waals surface area (Å²) in [5, 5.41) is 3.03. The van der Waals surface area contributed by atoms with Crippen molar-refractivity contribution in [2.24, 2.45) is 0 Å². The van der Waals surface area contributed by atoms with E-state index in [0.717, 1.165) is 15.4 Å². The zero-order valence-electron chi connectivity index (χ0n) is 25.0. The SMILES string of the molecule is CC[C@@H](C)NC(=O)[C@@H](Cc1ccccc1)N(Cc1cccc(OC)c1)C(=O)CN(c1ccc2c(c1)OCO2)S(=O)(=O)CC. The quantitative estimate of drug-likeness (QED) is 0.292. The number of hydrogen-bond donors (Lipinski definition) is 1. The molecule has 0 aromatic heterocycles. The number of anilines is 1. The lowest BCUT2D eigenvalue weighted by Crippen LogP contribution is -2.54. The van der Waals surface area contributed by atoms with E-state index in [9.17, 15) is 18.0 Å². The fraction of sp³-hybridized carbons (Fsp3) is 0.375. The predicted octanol–water partition coefficient (Wildman–Crippen LogP) is 4.13. The molecule has 0 aliphatic carbocycles. The van der Waals surface area contributed by atoms with E-state index < -0.39 is 28.5 Å². The fourth-order valence-corrected chi connectivity index (χ4v) is 5.78. The van der Waals surface area contributed by atoms with Crippen molar-refractivity contribution in [2.45, 2.75) is 52.2 Å². The summed E-state index contributed by atoms with van der Waals surface area (Å²) in [5.41, 5.74) is 1.86. The Morgan fingerprint density at radius 3 is 2.37 bits per heavy atom. The molecule has 0 radical (unpaired) electrons. The normalized spacial score (nSPS) is 13.6. The second-order valence-electron chi connectivity index (χ2n) is 10.3. The molecule has 10 nitrogen and oxygen atoms in total. The molecule has 1 heterocycles. The zero-order chi connectivity index (χ0) is 31.0. The van der Waals surface area contributed by atoms with E-state index in [1.54, 1.807) is 37.4 Å². The summed E-state index contributed by atoms with van der Waals surface area (Å²) in [6.07, 6.45) is 0.948. The highest BCUT2D eigenvalue weighted by Crippen LogP contribution is 2.36. The minimum Gasteiger partial charge on any atom is -0.497 e. The lowest BCUT2D eigenvalue weighted by atomic mass is 10.0. The number of rotatable bonds is 14. The first-order valence-corrected chi connectivity index (χ1v) is 15.9. The summed E-state index contributed by atoms with van der Waals surface area (Å²) in [6.45, 7) is 4.96. The van der Waals surface area contributed by atoms with Crippen LogP contribution in [0, 0.1) is 0 Å². The molecule has 2 amide bonds. The summed E-state index contributed by atoms with van der Waals surface area (Å²) in [4.78, 5) is 29.6. The number of methoxy groups -OCH3 is 1. The Morgan fingerprint density at radius 1 is 0.953 bits per heavy atom. The molecule has 0 saturated heterocycles. The van der Waals surface area contributed by atoms with Gasteiger partial charge in [0.05, 0.1) is 18.6 Å². The second-order valence-corrected chi connectivity index (χ2v) is 12.5. The van der Waals surface area contributed by atoms with E-state index in [-0.39, 0.29) is 43.1 Å². The Balaban J connectivity index is 1.76. The lowest BCUT2D eigenvalue weighted by Gasteiger charge is -2.34. The van der Waals surface area contributed by atoms with Gasteiger partial charge in [-0.2, -0.15) is 0 Å². The molecule has 4 rings (SSSR count). The Bertz CT molecular complexity index is 1510. The van der Waals surface area contributed by atoms with Crippen LogP contribution >= 0.6 is 0 Å². The molecular weight excluding hydrogens is 570 g/mol. The topological polar surface area (TPSA) is 114 Å². The number of sulfonamides is 1. The number of amides is 2. The van der Waals surface area contributed by atoms with E-state index >= 15 is 0 Å². The predicted molar refractivity (Wildman–Crippen MR) is 165 cm³/mol. The van der Waals surface area contributed by atoms with Crippen LogP contribution < -0.4 is 23.8 Å². The van der Waals surface area contributed by atoms with Crippen molar-refractivity contribution in [3.05, 3.63) is 83.9 Å². The monoisotopic (exact) mass is 609 g/mol. The van der Waals surface area contributed by atoms with Crippen LogP contribution in [0.3, 0.4) is 0 Å². The van der Waals surface area contributed by atoms with Gasteiger partial charge in [-0.25, -0.2) is 8.42 Å². The number of hydrogen-bond acceptors (Lipinski definition) is 7. The van der Waals surface area contributed by atoms with Crippen LogP contribution in [0.2, 0.25) is 0 Å². The molecule has 3 aromatic rings. The van der Waals surface area contributed by atoms with Crippen molar-refractivity contribution in [1.82, 2.24) is 10.2 Å². The fourth-order valence-electron chi connectivity index (χ4n) is 4.72. The van der Waals surface area contributed by atoms with Crippen LogP contribution in [0.15, 0.2) is 72.8 Å². The first kappa shape index (κ1) is 31.7. The molecule has 1 aliphatic heterocycles. The van der Waals surface area contributed by atoms with E-state index in [4.69, 9.17) is 14.2 Å². The Morgan fingerprint density at radius 2 is 1.67 bits per heavy atom. The molecule has 2 atom stereocenters. The van der Waals surface area contributed by atoms with Crippen molar-refractivity contribution in [2.75, 3.05) is 30.5 Å². The van der Waals surface area contributed by atoms with Gasteiger partial charge < -0.3 is 24.4 Å². The number of nitrogens with zero attached hydrogens (tertiary/aromatic N) is 2. The van der Waals surface area contributed by atoms with Gasteiger partial charge in [-0.3, -0.25) is 13.9 Å². The van der Waals surface area contributed by atoms with Crippen LogP contribution in [0.5, 0.6) is 17.2 Å². The third-order valence-electron chi connectivity index (χ3n) is 7.38. The van der Waals surface area contributed by atoms with Crippen molar-refractivity contribution in [3.8, 4) is 17.2 Å². The maximum Gasteiger partial charge on any atom is 0.244 e. The Hall–Kier alpha value is -4.25. The van der Waals surface area contributed by atoms with E-state index in [2.05, 4.69) is 5.32 Å². The van der Waals surface area contributed by atoms with E-state index in [1.165, 1.54) is 11.8 Å². The molecule has 11 heteroatoms. The van der Waals surface area contributed by atoms with Gasteiger partial charge in [-0.05, 0) is 55.7 Å². The average molecular weight is 610 g/mol. The average Bonchev–Trinajstić information content (AvgIpc) is 3.50. The molecule has 1 N–H and O–H groups in total. The highest BCUT2D eigenvalue weighted by atomic mass is 32.2. The van der Waals surface area contributed by atoms with Crippen LogP contribution in [0.25, 0.3) is 0 Å². The smallest absolute Gasteiger partial charge is 0.244 e. The minimum absolute atomic E-state index is 0.0268. The van der Waals surface area contributed by atoms with Crippen LogP contribution in [0.1, 0.15) is 38.3 Å². The summed E-state index contributed by atoms with van der Waals surface area (Å²) >= 11 is 0. The third-order valence-corrected chi connectivity index (χ3v) is 9.12. The molecular formula is C32H39N3O7S. The molecule has 1 aliphatic rings. The molecule has 43 heavy (non-hydrogen) atoms. The maximum absolute atomic E-state index is 14.3. The van der Waals surface area contributed by atoms with Crippen molar-refractivity contribution in [1.29, 1.82) is 0 Å². The number of ether oxygens (including phenoxy) is 3. The minimum atomic E-state index is -3.90. The van der Waals surface area contributed by atoms with E-state index in [1.807, 2.05) is 56.3 Å². The first-order valence-electron chi connectivity index (χ1n) is 14.3. The van der Waals surface area contributed by atoms with Crippen LogP contribution in [-0.2, 0) is 32.6 Å². The van der Waals surface area contributed by atoms with Gasteiger partial charge >= 0.3 is 0 Å². The highest BCUT2D eigenvalue weighted by Gasteiger charge is 2.34. The van der Waals surface area contributed by atoms with E-state index in [0.29, 0.717) is 23.7 Å². The Labute approximate surface area is 253 Å². The van der Waals surface area contributed by atoms with Gasteiger partial charge in [0, 0.05) is 25.1 Å². The summed E-state index contributed by atoms with van der Waals surface area (Å²) in [5.74, 6) is 0.411. The van der Waals surface area contributed by atoms with Gasteiger partial charge in [0.25, 0.3) is 0 Å². The molecule has 0 unspecified atom stereocenters. The molecule has 3 aromatic carbocycles. The largest absolute Gasteiger partial charge is 0.497 e. The van der Waals surface area contributed by atoms with Gasteiger partial charge in [0.15, 0.2) is 11.5 Å². The van der Waals surface area contributed by atoms with Gasteiger partial charge in [0.1, 0.15) is 18.3 Å². The summed E-state index contributed by atoms with van der Waals surface area (Å²) in [6, 6.07) is 20.4. The van der Waals surface area contributed by atoms with Gasteiger partial charge in [-0.1, -0.05) is 49.4 Å². The summed E-state index contributed by atoms with van der Waals surface area (Å²) < 4.78 is 44.1. The molecule has 0 spiro atoms. The van der Waals surface area contributed by atoms with Crippen molar-refractivity contribution < 1.29 is 32.2 Å². The number of fused-ring (bicyclic) bond motifs is 1. The number of benzene rings is 3. The van der Waals surface area contributed by atoms with Crippen LogP contribution in [-0.4, -0.2) is 63.4 Å².